The quantitative estimate of drug-likeness (QED) is 0.537. The van der Waals surface area contributed by atoms with Crippen molar-refractivity contribution < 1.29 is 45.8 Å². The summed E-state index contributed by atoms with van der Waals surface area (Å²) < 4.78 is 72.2. The predicted molar refractivity (Wildman–Crippen MR) is 143 cm³/mol. The number of para-hydroxylation sites is 1. The second kappa shape index (κ2) is 12.7. The Morgan fingerprint density at radius 2 is 1.73 bits per heavy atom. The maximum absolute atomic E-state index is 13.7. The fourth-order valence-electron chi connectivity index (χ4n) is 4.40. The lowest BCUT2D eigenvalue weighted by molar-refractivity contribution is -0.192. The van der Waals surface area contributed by atoms with E-state index in [1.54, 1.807) is 36.3 Å². The van der Waals surface area contributed by atoms with Gasteiger partial charge in [-0.3, -0.25) is 9.69 Å². The minimum atomic E-state index is -5.08. The molecule has 226 valence electrons. The first-order valence-corrected chi connectivity index (χ1v) is 14.2. The molecule has 2 aromatic carbocycles. The number of nitrogens with zero attached hydrogens (tertiary/aromatic N) is 3. The first kappa shape index (κ1) is 32.2. The van der Waals surface area contributed by atoms with Gasteiger partial charge in [0.25, 0.3) is 0 Å². The maximum Gasteiger partial charge on any atom is 0.490 e. The molecule has 2 aliphatic heterocycles. The van der Waals surface area contributed by atoms with E-state index in [2.05, 4.69) is 0 Å². The highest BCUT2D eigenvalue weighted by Gasteiger charge is 2.48. The van der Waals surface area contributed by atoms with Gasteiger partial charge in [-0.2, -0.15) is 17.5 Å². The summed E-state index contributed by atoms with van der Waals surface area (Å²) in [5.74, 6) is -1.68. The number of rotatable bonds is 6. The van der Waals surface area contributed by atoms with Crippen LogP contribution < -0.4 is 9.47 Å². The van der Waals surface area contributed by atoms with Crippen molar-refractivity contribution in [3.05, 3.63) is 54.1 Å². The minimum Gasteiger partial charge on any atom is -0.497 e. The zero-order valence-corrected chi connectivity index (χ0v) is 24.0. The van der Waals surface area contributed by atoms with Crippen LogP contribution in [-0.4, -0.2) is 97.7 Å². The van der Waals surface area contributed by atoms with Crippen molar-refractivity contribution >= 4 is 21.9 Å². The molecule has 1 saturated heterocycles. The van der Waals surface area contributed by atoms with Crippen molar-refractivity contribution in [2.24, 2.45) is 0 Å². The molecule has 1 unspecified atom stereocenters. The van der Waals surface area contributed by atoms with E-state index >= 15 is 0 Å². The van der Waals surface area contributed by atoms with Crippen molar-refractivity contribution in [2.45, 2.75) is 49.5 Å². The number of carboxylic acids is 1. The molecular formula is C27H34F3N3O7S. The molecule has 0 saturated carbocycles. The summed E-state index contributed by atoms with van der Waals surface area (Å²) in [5, 5.41) is 7.12. The van der Waals surface area contributed by atoms with E-state index in [1.807, 2.05) is 50.1 Å². The SMILES string of the molecule is COc1ccc(CN2CC3(CCN(C(=O)CN(C)C(C)C)C3)Oc3ccccc3S2(=O)=O)cc1.O=C(O)C(F)(F)F. The van der Waals surface area contributed by atoms with Gasteiger partial charge in [0.15, 0.2) is 0 Å². The van der Waals surface area contributed by atoms with Crippen molar-refractivity contribution in [2.75, 3.05) is 40.3 Å². The van der Waals surface area contributed by atoms with Crippen LogP contribution in [-0.2, 0) is 26.2 Å². The number of aliphatic carboxylic acids is 1. The number of amides is 1. The number of carbonyl (C=O) groups is 2. The van der Waals surface area contributed by atoms with Gasteiger partial charge in [-0.1, -0.05) is 24.3 Å². The molecule has 10 nitrogen and oxygen atoms in total. The molecule has 1 N–H and O–H groups in total. The lowest BCUT2D eigenvalue weighted by Crippen LogP contribution is -2.50. The Balaban J connectivity index is 0.000000587. The molecule has 1 atom stereocenters. The van der Waals surface area contributed by atoms with Crippen LogP contribution in [0.5, 0.6) is 11.5 Å². The summed E-state index contributed by atoms with van der Waals surface area (Å²) in [6.07, 6.45) is -4.52. The molecule has 41 heavy (non-hydrogen) atoms. The third-order valence-electron chi connectivity index (χ3n) is 6.95. The van der Waals surface area contributed by atoms with Crippen LogP contribution >= 0.6 is 0 Å². The van der Waals surface area contributed by atoms with Gasteiger partial charge in [0.1, 0.15) is 22.0 Å². The highest BCUT2D eigenvalue weighted by molar-refractivity contribution is 7.89. The molecule has 1 amide bonds. The van der Waals surface area contributed by atoms with Crippen LogP contribution in [0.25, 0.3) is 0 Å². The number of sulfonamides is 1. The number of alkyl halides is 3. The number of hydrogen-bond donors (Lipinski definition) is 1. The number of methoxy groups -OCH3 is 1. The number of likely N-dealkylation sites (N-methyl/N-ethyl adjacent to an activating group) is 1. The van der Waals surface area contributed by atoms with Gasteiger partial charge in [0, 0.05) is 25.6 Å². The highest BCUT2D eigenvalue weighted by atomic mass is 32.2. The third-order valence-corrected chi connectivity index (χ3v) is 8.78. The number of carbonyl (C=O) groups excluding carboxylic acids is 1. The Morgan fingerprint density at radius 1 is 1.12 bits per heavy atom. The Kier molecular flexibility index (Phi) is 9.93. The topological polar surface area (TPSA) is 117 Å². The van der Waals surface area contributed by atoms with Crippen molar-refractivity contribution in [3.8, 4) is 11.5 Å². The molecule has 14 heteroatoms. The smallest absolute Gasteiger partial charge is 0.490 e. The molecule has 0 bridgehead atoms. The van der Waals surface area contributed by atoms with Gasteiger partial charge >= 0.3 is 12.1 Å². The Bertz CT molecular complexity index is 1340. The van der Waals surface area contributed by atoms with Crippen LogP contribution in [0.4, 0.5) is 13.2 Å². The normalized spacial score (nSPS) is 20.2. The van der Waals surface area contributed by atoms with E-state index in [-0.39, 0.29) is 29.9 Å². The summed E-state index contributed by atoms with van der Waals surface area (Å²) in [5.41, 5.74) is 0.0430. The lowest BCUT2D eigenvalue weighted by atomic mass is 10.0. The van der Waals surface area contributed by atoms with Crippen LogP contribution in [0.15, 0.2) is 53.4 Å². The molecular weight excluding hydrogens is 567 g/mol. The number of benzene rings is 2. The number of fused-ring (bicyclic) bond motifs is 1. The number of ether oxygens (including phenoxy) is 2. The monoisotopic (exact) mass is 601 g/mol. The van der Waals surface area contributed by atoms with Gasteiger partial charge in [-0.15, -0.1) is 0 Å². The second-order valence-electron chi connectivity index (χ2n) is 10.2. The molecule has 0 aromatic heterocycles. The van der Waals surface area contributed by atoms with E-state index in [4.69, 9.17) is 19.4 Å². The van der Waals surface area contributed by atoms with Gasteiger partial charge in [-0.05, 0) is 50.7 Å². The largest absolute Gasteiger partial charge is 0.497 e. The Morgan fingerprint density at radius 3 is 2.29 bits per heavy atom. The number of likely N-dealkylation sites (tertiary alicyclic amines) is 1. The Labute approximate surface area is 237 Å². The average Bonchev–Trinajstić information content (AvgIpc) is 3.28. The van der Waals surface area contributed by atoms with Crippen LogP contribution in [0, 0.1) is 0 Å². The van der Waals surface area contributed by atoms with Gasteiger partial charge in [0.2, 0.25) is 15.9 Å². The molecule has 1 spiro atoms. The molecule has 2 aromatic rings. The summed E-state index contributed by atoms with van der Waals surface area (Å²) in [6.45, 7) is 5.66. The van der Waals surface area contributed by atoms with Crippen LogP contribution in [0.3, 0.4) is 0 Å². The maximum atomic E-state index is 13.7. The molecule has 2 aliphatic rings. The first-order chi connectivity index (χ1) is 19.1. The van der Waals surface area contributed by atoms with E-state index in [0.717, 1.165) is 5.56 Å². The average molecular weight is 602 g/mol. The number of halogens is 3. The van der Waals surface area contributed by atoms with Gasteiger partial charge in [0.05, 0.1) is 26.7 Å². The van der Waals surface area contributed by atoms with E-state index in [9.17, 15) is 26.4 Å². The minimum absolute atomic E-state index is 0.0266. The second-order valence-corrected chi connectivity index (χ2v) is 12.1. The molecule has 0 aliphatic carbocycles. The summed E-state index contributed by atoms with van der Waals surface area (Å²) in [4.78, 5) is 25.8. The van der Waals surface area contributed by atoms with Crippen LogP contribution in [0.2, 0.25) is 0 Å². The van der Waals surface area contributed by atoms with Crippen molar-refractivity contribution in [3.63, 3.8) is 0 Å². The van der Waals surface area contributed by atoms with Gasteiger partial charge in [-0.25, -0.2) is 13.2 Å². The molecule has 4 rings (SSSR count). The Hall–Kier alpha value is -3.36. The van der Waals surface area contributed by atoms with Gasteiger partial charge < -0.3 is 19.5 Å². The lowest BCUT2D eigenvalue weighted by Gasteiger charge is -2.32. The predicted octanol–water partition coefficient (Wildman–Crippen LogP) is 3.22. The molecule has 2 heterocycles. The first-order valence-electron chi connectivity index (χ1n) is 12.8. The van der Waals surface area contributed by atoms with E-state index in [1.165, 1.54) is 4.31 Å². The zero-order chi connectivity index (χ0) is 30.6. The van der Waals surface area contributed by atoms with E-state index in [0.29, 0.717) is 37.6 Å². The standard InChI is InChI=1S/C25H33N3O5S.C2HF3O2/c1-19(2)26(3)16-24(29)27-14-13-25(17-27)18-28(15-20-9-11-21(32-4)12-10-20)34(30,31)23-8-6-5-7-22(23)33-25;3-2(4,5)1(6)7/h5-12,19H,13-18H2,1-4H3;(H,6,7). The summed E-state index contributed by atoms with van der Waals surface area (Å²) in [6, 6.07) is 14.4. The molecule has 1 fully saturated rings. The summed E-state index contributed by atoms with van der Waals surface area (Å²) >= 11 is 0. The van der Waals surface area contributed by atoms with Crippen LogP contribution in [0.1, 0.15) is 25.8 Å². The molecule has 0 radical (unpaired) electrons. The van der Waals surface area contributed by atoms with Crippen molar-refractivity contribution in [1.29, 1.82) is 0 Å². The third kappa shape index (κ3) is 7.89. The van der Waals surface area contributed by atoms with Crippen molar-refractivity contribution in [1.82, 2.24) is 14.1 Å². The highest BCUT2D eigenvalue weighted by Crippen LogP contribution is 2.39. The fraction of sp³-hybridized carbons (Fsp3) is 0.481. The number of carboxylic acid groups (broad SMARTS) is 1. The zero-order valence-electron chi connectivity index (χ0n) is 23.2. The fourth-order valence-corrected chi connectivity index (χ4v) is 6.02. The number of hydrogen-bond acceptors (Lipinski definition) is 7. The van der Waals surface area contributed by atoms with E-state index < -0.39 is 27.8 Å². The summed E-state index contributed by atoms with van der Waals surface area (Å²) in [7, 11) is -0.277.